The lowest BCUT2D eigenvalue weighted by molar-refractivity contribution is 0.831. The first-order chi connectivity index (χ1) is 6.36. The highest BCUT2D eigenvalue weighted by molar-refractivity contribution is 7.71. The molecule has 68 valence electrons. The second-order valence-electron chi connectivity index (χ2n) is 2.45. The van der Waals surface area contributed by atoms with Crippen LogP contribution >= 0.6 is 23.6 Å². The molecule has 4 nitrogen and oxygen atoms in total. The van der Waals surface area contributed by atoms with E-state index in [1.807, 2.05) is 11.4 Å². The van der Waals surface area contributed by atoms with Crippen LogP contribution in [0.1, 0.15) is 4.88 Å². The van der Waals surface area contributed by atoms with Crippen LogP contribution < -0.4 is 5.43 Å². The van der Waals surface area contributed by atoms with Crippen molar-refractivity contribution in [3.63, 3.8) is 0 Å². The van der Waals surface area contributed by atoms with Gasteiger partial charge in [-0.05, 0) is 23.7 Å². The number of aromatic nitrogens is 3. The number of nitrogens with zero attached hydrogens (tertiary/aromatic N) is 2. The Kier molecular flexibility index (Phi) is 2.42. The second kappa shape index (κ2) is 3.71. The van der Waals surface area contributed by atoms with Crippen LogP contribution in [0.25, 0.3) is 0 Å². The SMILES string of the molecule is S=c1[nH]ncn1NCc1cccs1. The van der Waals surface area contributed by atoms with Gasteiger partial charge < -0.3 is 5.43 Å². The summed E-state index contributed by atoms with van der Waals surface area (Å²) in [5.74, 6) is 0. The molecule has 2 aromatic rings. The van der Waals surface area contributed by atoms with E-state index in [2.05, 4.69) is 21.7 Å². The van der Waals surface area contributed by atoms with Gasteiger partial charge in [-0.3, -0.25) is 5.10 Å². The van der Waals surface area contributed by atoms with Crippen LogP contribution in [0.15, 0.2) is 23.8 Å². The number of rotatable bonds is 3. The number of H-pyrrole nitrogens is 1. The van der Waals surface area contributed by atoms with Gasteiger partial charge in [-0.1, -0.05) is 6.07 Å². The van der Waals surface area contributed by atoms with Crippen molar-refractivity contribution in [1.29, 1.82) is 0 Å². The smallest absolute Gasteiger partial charge is 0.214 e. The number of hydrogen-bond acceptors (Lipinski definition) is 4. The highest BCUT2D eigenvalue weighted by Gasteiger charge is 1.94. The van der Waals surface area contributed by atoms with E-state index in [0.29, 0.717) is 4.77 Å². The molecule has 0 bridgehead atoms. The molecule has 2 rings (SSSR count). The van der Waals surface area contributed by atoms with Gasteiger partial charge in [-0.2, -0.15) is 5.10 Å². The first-order valence-corrected chi connectivity index (χ1v) is 5.03. The Morgan fingerprint density at radius 1 is 1.69 bits per heavy atom. The maximum atomic E-state index is 4.97. The molecule has 0 atom stereocenters. The first kappa shape index (κ1) is 8.46. The Bertz CT molecular complexity index is 414. The normalized spacial score (nSPS) is 10.2. The van der Waals surface area contributed by atoms with Crippen LogP contribution in [0, 0.1) is 4.77 Å². The third-order valence-electron chi connectivity index (χ3n) is 1.56. The van der Waals surface area contributed by atoms with E-state index in [9.17, 15) is 0 Å². The van der Waals surface area contributed by atoms with Gasteiger partial charge in [0.15, 0.2) is 0 Å². The molecule has 2 aromatic heterocycles. The molecule has 13 heavy (non-hydrogen) atoms. The minimum atomic E-state index is 0.580. The molecule has 0 radical (unpaired) electrons. The van der Waals surface area contributed by atoms with Gasteiger partial charge in [0.1, 0.15) is 6.33 Å². The summed E-state index contributed by atoms with van der Waals surface area (Å²) in [5.41, 5.74) is 3.12. The fraction of sp³-hybridized carbons (Fsp3) is 0.143. The van der Waals surface area contributed by atoms with Crippen molar-refractivity contribution in [3.05, 3.63) is 33.5 Å². The number of aromatic amines is 1. The Hall–Kier alpha value is -1.14. The summed E-state index contributed by atoms with van der Waals surface area (Å²) in [6, 6.07) is 4.09. The lowest BCUT2D eigenvalue weighted by Crippen LogP contribution is -2.12. The van der Waals surface area contributed by atoms with Gasteiger partial charge in [0.2, 0.25) is 4.77 Å². The van der Waals surface area contributed by atoms with Crippen molar-refractivity contribution in [3.8, 4) is 0 Å². The minimum absolute atomic E-state index is 0.580. The molecule has 6 heteroatoms. The van der Waals surface area contributed by atoms with Crippen LogP contribution in [-0.2, 0) is 6.54 Å². The molecule has 0 aliphatic carbocycles. The van der Waals surface area contributed by atoms with Crippen LogP contribution in [-0.4, -0.2) is 14.9 Å². The van der Waals surface area contributed by atoms with Gasteiger partial charge in [0.25, 0.3) is 0 Å². The number of hydrogen-bond donors (Lipinski definition) is 2. The highest BCUT2D eigenvalue weighted by atomic mass is 32.1. The molecule has 2 N–H and O–H groups in total. The summed E-state index contributed by atoms with van der Waals surface area (Å²) in [6.07, 6.45) is 1.62. The summed E-state index contributed by atoms with van der Waals surface area (Å²) in [7, 11) is 0. The quantitative estimate of drug-likeness (QED) is 0.762. The topological polar surface area (TPSA) is 45.6 Å². The summed E-state index contributed by atoms with van der Waals surface area (Å²) in [6.45, 7) is 0.769. The average Bonchev–Trinajstić information content (AvgIpc) is 2.72. The maximum Gasteiger partial charge on any atom is 0.214 e. The molecular weight excluding hydrogens is 204 g/mol. The molecule has 0 fully saturated rings. The van der Waals surface area contributed by atoms with E-state index >= 15 is 0 Å². The maximum absolute atomic E-state index is 4.97. The first-order valence-electron chi connectivity index (χ1n) is 3.74. The zero-order valence-corrected chi connectivity index (χ0v) is 8.36. The monoisotopic (exact) mass is 212 g/mol. The zero-order chi connectivity index (χ0) is 9.10. The van der Waals surface area contributed by atoms with Crippen LogP contribution in [0.3, 0.4) is 0 Å². The molecule has 0 aromatic carbocycles. The summed E-state index contributed by atoms with van der Waals surface area (Å²) >= 11 is 6.68. The van der Waals surface area contributed by atoms with E-state index in [0.717, 1.165) is 6.54 Å². The van der Waals surface area contributed by atoms with Crippen LogP contribution in [0.5, 0.6) is 0 Å². The molecule has 0 aliphatic heterocycles. The van der Waals surface area contributed by atoms with E-state index in [-0.39, 0.29) is 0 Å². The van der Waals surface area contributed by atoms with Gasteiger partial charge in [0.05, 0.1) is 6.54 Å². The zero-order valence-electron chi connectivity index (χ0n) is 6.73. The van der Waals surface area contributed by atoms with Gasteiger partial charge in [-0.15, -0.1) is 11.3 Å². The largest absolute Gasteiger partial charge is 0.317 e. The summed E-state index contributed by atoms with van der Waals surface area (Å²) in [4.78, 5) is 1.27. The Morgan fingerprint density at radius 3 is 3.23 bits per heavy atom. The van der Waals surface area contributed by atoms with E-state index in [4.69, 9.17) is 12.2 Å². The Balaban J connectivity index is 2.01. The lowest BCUT2D eigenvalue weighted by Gasteiger charge is -2.02. The second-order valence-corrected chi connectivity index (χ2v) is 3.86. The fourth-order valence-corrected chi connectivity index (χ4v) is 1.74. The third-order valence-corrected chi connectivity index (χ3v) is 2.72. The van der Waals surface area contributed by atoms with Crippen LogP contribution in [0.2, 0.25) is 0 Å². The third kappa shape index (κ3) is 1.96. The highest BCUT2D eigenvalue weighted by Crippen LogP contribution is 2.07. The fourth-order valence-electron chi connectivity index (χ4n) is 0.937. The Morgan fingerprint density at radius 2 is 2.62 bits per heavy atom. The van der Waals surface area contributed by atoms with Crippen molar-refractivity contribution < 1.29 is 0 Å². The molecule has 0 amide bonds. The summed E-state index contributed by atoms with van der Waals surface area (Å²) < 4.78 is 2.27. The summed E-state index contributed by atoms with van der Waals surface area (Å²) in [5, 5.41) is 8.51. The van der Waals surface area contributed by atoms with Crippen molar-refractivity contribution in [2.45, 2.75) is 6.54 Å². The van der Waals surface area contributed by atoms with E-state index < -0.39 is 0 Å². The van der Waals surface area contributed by atoms with Crippen molar-refractivity contribution >= 4 is 23.6 Å². The predicted octanol–water partition coefficient (Wildman–Crippen LogP) is 1.75. The van der Waals surface area contributed by atoms with Crippen molar-refractivity contribution in [2.24, 2.45) is 0 Å². The van der Waals surface area contributed by atoms with Crippen molar-refractivity contribution in [2.75, 3.05) is 5.43 Å². The Labute approximate surface area is 84.2 Å². The average molecular weight is 212 g/mol. The molecule has 2 heterocycles. The van der Waals surface area contributed by atoms with Crippen LogP contribution in [0.4, 0.5) is 0 Å². The van der Waals surface area contributed by atoms with Gasteiger partial charge in [0, 0.05) is 4.88 Å². The predicted molar refractivity (Wildman–Crippen MR) is 54.8 cm³/mol. The lowest BCUT2D eigenvalue weighted by atomic mass is 10.5. The minimum Gasteiger partial charge on any atom is -0.317 e. The van der Waals surface area contributed by atoms with Gasteiger partial charge >= 0.3 is 0 Å². The van der Waals surface area contributed by atoms with Crippen molar-refractivity contribution in [1.82, 2.24) is 14.9 Å². The molecule has 0 spiro atoms. The standard InChI is InChI=1S/C7H8N4S2/c12-7-10-8-5-11(7)9-4-6-2-1-3-13-6/h1-3,5,9H,4H2,(H,10,12). The van der Waals surface area contributed by atoms with E-state index in [1.165, 1.54) is 4.88 Å². The molecule has 0 saturated heterocycles. The molecule has 0 unspecified atom stereocenters. The molecular formula is C7H8N4S2. The number of nitrogens with one attached hydrogen (secondary N) is 2. The molecule has 0 aliphatic rings. The number of thiophene rings is 1. The molecule has 0 saturated carbocycles. The van der Waals surface area contributed by atoms with E-state index in [1.54, 1.807) is 22.3 Å². The van der Waals surface area contributed by atoms with Gasteiger partial charge in [-0.25, -0.2) is 4.68 Å².